The van der Waals surface area contributed by atoms with Crippen molar-refractivity contribution >= 4 is 5.69 Å². The van der Waals surface area contributed by atoms with Gasteiger partial charge in [-0.05, 0) is 49.8 Å². The number of rotatable bonds is 5. The van der Waals surface area contributed by atoms with Gasteiger partial charge in [0.05, 0.1) is 0 Å². The van der Waals surface area contributed by atoms with Crippen molar-refractivity contribution in [3.63, 3.8) is 0 Å². The minimum absolute atomic E-state index is 0.227. The summed E-state index contributed by atoms with van der Waals surface area (Å²) >= 11 is 0. The quantitative estimate of drug-likeness (QED) is 0.773. The van der Waals surface area contributed by atoms with Gasteiger partial charge in [0.15, 0.2) is 0 Å². The van der Waals surface area contributed by atoms with Crippen LogP contribution in [0.15, 0.2) is 24.3 Å². The Morgan fingerprint density at radius 3 is 2.53 bits per heavy atom. The Bertz CT molecular complexity index is 303. The molecule has 2 N–H and O–H groups in total. The molecule has 0 radical (unpaired) electrons. The third-order valence-electron chi connectivity index (χ3n) is 3.08. The molecule has 15 heavy (non-hydrogen) atoms. The Kier molecular flexibility index (Phi) is 3.27. The van der Waals surface area contributed by atoms with Gasteiger partial charge in [0.1, 0.15) is 0 Å². The molecule has 0 unspecified atom stereocenters. The van der Waals surface area contributed by atoms with E-state index >= 15 is 0 Å². The summed E-state index contributed by atoms with van der Waals surface area (Å²) in [6.07, 6.45) is 3.49. The third kappa shape index (κ3) is 2.96. The van der Waals surface area contributed by atoms with Crippen LogP contribution in [0.3, 0.4) is 0 Å². The molecule has 1 atom stereocenters. The standard InChI is InChI=1S/C13H19NO/c1-10(12-4-5-12)14-13-6-2-11(3-7-13)8-9-15/h2-3,6-7,10,12,14-15H,4-5,8-9H2,1H3/t10-/m0/s1. The van der Waals surface area contributed by atoms with E-state index in [9.17, 15) is 0 Å². The highest BCUT2D eigenvalue weighted by Gasteiger charge is 2.27. The zero-order valence-corrected chi connectivity index (χ0v) is 9.24. The van der Waals surface area contributed by atoms with Crippen molar-refractivity contribution in [1.29, 1.82) is 0 Å². The molecule has 0 spiro atoms. The summed E-state index contributed by atoms with van der Waals surface area (Å²) < 4.78 is 0. The van der Waals surface area contributed by atoms with Gasteiger partial charge in [0.2, 0.25) is 0 Å². The highest BCUT2D eigenvalue weighted by atomic mass is 16.2. The zero-order chi connectivity index (χ0) is 10.7. The lowest BCUT2D eigenvalue weighted by Gasteiger charge is -2.14. The van der Waals surface area contributed by atoms with E-state index in [1.807, 2.05) is 0 Å². The number of hydrogen-bond acceptors (Lipinski definition) is 2. The Morgan fingerprint density at radius 1 is 1.33 bits per heavy atom. The van der Waals surface area contributed by atoms with Crippen molar-refractivity contribution in [2.75, 3.05) is 11.9 Å². The van der Waals surface area contributed by atoms with Crippen LogP contribution in [0.25, 0.3) is 0 Å². The van der Waals surface area contributed by atoms with Crippen LogP contribution in [0.1, 0.15) is 25.3 Å². The van der Waals surface area contributed by atoms with E-state index in [0.717, 1.165) is 12.3 Å². The smallest absolute Gasteiger partial charge is 0.0471 e. The van der Waals surface area contributed by atoms with Gasteiger partial charge in [-0.3, -0.25) is 0 Å². The molecule has 0 amide bonds. The van der Waals surface area contributed by atoms with Crippen molar-refractivity contribution in [3.8, 4) is 0 Å². The van der Waals surface area contributed by atoms with Crippen molar-refractivity contribution in [1.82, 2.24) is 0 Å². The van der Waals surface area contributed by atoms with E-state index in [2.05, 4.69) is 36.5 Å². The average Bonchev–Trinajstić information content (AvgIpc) is 3.04. The van der Waals surface area contributed by atoms with Crippen LogP contribution in [-0.2, 0) is 6.42 Å². The fraction of sp³-hybridized carbons (Fsp3) is 0.538. The Hall–Kier alpha value is -1.02. The largest absolute Gasteiger partial charge is 0.396 e. The number of hydrogen-bond donors (Lipinski definition) is 2. The second-order valence-electron chi connectivity index (χ2n) is 4.44. The van der Waals surface area contributed by atoms with Gasteiger partial charge in [0, 0.05) is 18.3 Å². The van der Waals surface area contributed by atoms with Gasteiger partial charge in [0.25, 0.3) is 0 Å². The summed E-state index contributed by atoms with van der Waals surface area (Å²) in [7, 11) is 0. The number of anilines is 1. The van der Waals surface area contributed by atoms with Crippen LogP contribution in [0.4, 0.5) is 5.69 Å². The summed E-state index contributed by atoms with van der Waals surface area (Å²) in [5, 5.41) is 12.3. The van der Waals surface area contributed by atoms with Crippen molar-refractivity contribution in [2.45, 2.75) is 32.2 Å². The van der Waals surface area contributed by atoms with Crippen LogP contribution in [0, 0.1) is 5.92 Å². The molecule has 1 aliphatic rings. The van der Waals surface area contributed by atoms with E-state index in [0.29, 0.717) is 6.04 Å². The van der Waals surface area contributed by atoms with Crippen LogP contribution in [0.5, 0.6) is 0 Å². The zero-order valence-electron chi connectivity index (χ0n) is 9.24. The lowest BCUT2D eigenvalue weighted by molar-refractivity contribution is 0.299. The predicted octanol–water partition coefficient (Wildman–Crippen LogP) is 2.43. The highest BCUT2D eigenvalue weighted by molar-refractivity contribution is 5.45. The van der Waals surface area contributed by atoms with Gasteiger partial charge in [-0.2, -0.15) is 0 Å². The lowest BCUT2D eigenvalue weighted by atomic mass is 10.1. The summed E-state index contributed by atoms with van der Waals surface area (Å²) in [6, 6.07) is 8.96. The number of aliphatic hydroxyl groups excluding tert-OH is 1. The lowest BCUT2D eigenvalue weighted by Crippen LogP contribution is -2.17. The third-order valence-corrected chi connectivity index (χ3v) is 3.08. The fourth-order valence-corrected chi connectivity index (χ4v) is 1.87. The summed E-state index contributed by atoms with van der Waals surface area (Å²) in [5.41, 5.74) is 2.39. The molecule has 2 heteroatoms. The minimum atomic E-state index is 0.227. The molecule has 1 aliphatic carbocycles. The molecule has 2 nitrogen and oxygen atoms in total. The van der Waals surface area contributed by atoms with Crippen LogP contribution in [0.2, 0.25) is 0 Å². The second-order valence-corrected chi connectivity index (χ2v) is 4.44. The summed E-state index contributed by atoms with van der Waals surface area (Å²) in [6.45, 7) is 2.48. The molecule has 0 aromatic heterocycles. The molecule has 1 aromatic rings. The molecule has 0 saturated heterocycles. The van der Waals surface area contributed by atoms with E-state index in [1.165, 1.54) is 24.1 Å². The molecular formula is C13H19NO. The SMILES string of the molecule is C[C@H](Nc1ccc(CCO)cc1)C1CC1. The van der Waals surface area contributed by atoms with E-state index in [4.69, 9.17) is 5.11 Å². The summed E-state index contributed by atoms with van der Waals surface area (Å²) in [5.74, 6) is 0.877. The highest BCUT2D eigenvalue weighted by Crippen LogP contribution is 2.33. The summed E-state index contributed by atoms with van der Waals surface area (Å²) in [4.78, 5) is 0. The first-order valence-corrected chi connectivity index (χ1v) is 5.76. The Morgan fingerprint density at radius 2 is 2.00 bits per heavy atom. The average molecular weight is 205 g/mol. The molecule has 2 rings (SSSR count). The first-order chi connectivity index (χ1) is 7.29. The van der Waals surface area contributed by atoms with Gasteiger partial charge < -0.3 is 10.4 Å². The Labute approximate surface area is 91.3 Å². The van der Waals surface area contributed by atoms with Gasteiger partial charge >= 0.3 is 0 Å². The van der Waals surface area contributed by atoms with E-state index in [-0.39, 0.29) is 6.61 Å². The van der Waals surface area contributed by atoms with Gasteiger partial charge in [-0.1, -0.05) is 12.1 Å². The topological polar surface area (TPSA) is 32.3 Å². The van der Waals surface area contributed by atoms with Crippen LogP contribution >= 0.6 is 0 Å². The number of nitrogens with one attached hydrogen (secondary N) is 1. The maximum Gasteiger partial charge on any atom is 0.0471 e. The van der Waals surface area contributed by atoms with E-state index < -0.39 is 0 Å². The normalized spacial score (nSPS) is 17.5. The molecule has 1 saturated carbocycles. The van der Waals surface area contributed by atoms with Crippen LogP contribution in [-0.4, -0.2) is 17.8 Å². The molecule has 82 valence electrons. The molecular weight excluding hydrogens is 186 g/mol. The minimum Gasteiger partial charge on any atom is -0.396 e. The molecule has 0 aliphatic heterocycles. The van der Waals surface area contributed by atoms with Gasteiger partial charge in [-0.15, -0.1) is 0 Å². The number of benzene rings is 1. The van der Waals surface area contributed by atoms with Crippen molar-refractivity contribution in [3.05, 3.63) is 29.8 Å². The number of aliphatic hydroxyl groups is 1. The molecule has 1 fully saturated rings. The monoisotopic (exact) mass is 205 g/mol. The Balaban J connectivity index is 1.91. The maximum atomic E-state index is 8.80. The van der Waals surface area contributed by atoms with Crippen molar-refractivity contribution < 1.29 is 5.11 Å². The van der Waals surface area contributed by atoms with Crippen LogP contribution < -0.4 is 5.32 Å². The molecule has 0 bridgehead atoms. The first kappa shape index (κ1) is 10.5. The first-order valence-electron chi connectivity index (χ1n) is 5.76. The maximum absolute atomic E-state index is 8.80. The fourth-order valence-electron chi connectivity index (χ4n) is 1.87. The van der Waals surface area contributed by atoms with Crippen molar-refractivity contribution in [2.24, 2.45) is 5.92 Å². The van der Waals surface area contributed by atoms with Gasteiger partial charge in [-0.25, -0.2) is 0 Å². The van der Waals surface area contributed by atoms with E-state index in [1.54, 1.807) is 0 Å². The second kappa shape index (κ2) is 4.67. The molecule has 1 aromatic carbocycles. The molecule has 0 heterocycles. The predicted molar refractivity (Wildman–Crippen MR) is 63.0 cm³/mol.